The van der Waals surface area contributed by atoms with Gasteiger partial charge in [-0.05, 0) is 18.9 Å². The molecule has 1 fully saturated rings. The van der Waals surface area contributed by atoms with Crippen molar-refractivity contribution >= 4 is 12.0 Å². The molecule has 0 aliphatic carbocycles. The number of aliphatic hydroxyl groups excluding tert-OH is 1. The summed E-state index contributed by atoms with van der Waals surface area (Å²) in [4.78, 5) is 27.0. The lowest BCUT2D eigenvalue weighted by atomic mass is 10.1. The highest BCUT2D eigenvalue weighted by molar-refractivity contribution is 5.82. The lowest BCUT2D eigenvalue weighted by Gasteiger charge is -2.25. The van der Waals surface area contributed by atoms with Gasteiger partial charge in [0.05, 0.1) is 6.61 Å². The molecular weight excluding hydrogens is 262 g/mol. The fourth-order valence-electron chi connectivity index (χ4n) is 2.28. The molecule has 0 bridgehead atoms. The average molecular weight is 287 g/mol. The summed E-state index contributed by atoms with van der Waals surface area (Å²) in [6.45, 7) is 6.97. The Kier molecular flexibility index (Phi) is 6.74. The zero-order chi connectivity index (χ0) is 15.1. The number of aliphatic carboxylic acids is 1. The monoisotopic (exact) mass is 287 g/mol. The van der Waals surface area contributed by atoms with Gasteiger partial charge in [0.1, 0.15) is 6.04 Å². The van der Waals surface area contributed by atoms with Gasteiger partial charge in [0.2, 0.25) is 0 Å². The van der Waals surface area contributed by atoms with Gasteiger partial charge in [-0.3, -0.25) is 4.90 Å². The lowest BCUT2D eigenvalue weighted by Crippen LogP contribution is -2.50. The van der Waals surface area contributed by atoms with Crippen molar-refractivity contribution in [2.24, 2.45) is 5.92 Å². The molecule has 0 aromatic heterocycles. The maximum absolute atomic E-state index is 12.1. The molecule has 1 saturated heterocycles. The Morgan fingerprint density at radius 1 is 1.20 bits per heavy atom. The number of β-amino-alcohol motifs (C(OH)–C–C–N with tert-alkyl or cyclic N) is 1. The van der Waals surface area contributed by atoms with Crippen LogP contribution >= 0.6 is 0 Å². The molecule has 0 aromatic rings. The number of hydrogen-bond acceptors (Lipinski definition) is 4. The summed E-state index contributed by atoms with van der Waals surface area (Å²) in [5, 5.41) is 20.6. The molecule has 1 aliphatic heterocycles. The normalized spacial score (nSPS) is 18.7. The molecule has 20 heavy (non-hydrogen) atoms. The quantitative estimate of drug-likeness (QED) is 0.651. The van der Waals surface area contributed by atoms with Crippen LogP contribution in [0.25, 0.3) is 0 Å². The summed E-state index contributed by atoms with van der Waals surface area (Å²) >= 11 is 0. The zero-order valence-electron chi connectivity index (χ0n) is 12.2. The number of carboxylic acids is 1. The second-order valence-electron chi connectivity index (χ2n) is 5.42. The Bertz CT molecular complexity index is 336. The first kappa shape index (κ1) is 16.7. The number of rotatable bonds is 5. The summed E-state index contributed by atoms with van der Waals surface area (Å²) in [7, 11) is 0. The summed E-state index contributed by atoms with van der Waals surface area (Å²) in [6, 6.07) is -1.18. The van der Waals surface area contributed by atoms with Crippen molar-refractivity contribution in [1.82, 2.24) is 15.1 Å². The minimum atomic E-state index is -1.01. The van der Waals surface area contributed by atoms with Gasteiger partial charge in [0, 0.05) is 26.2 Å². The predicted molar refractivity (Wildman–Crippen MR) is 74.5 cm³/mol. The van der Waals surface area contributed by atoms with E-state index in [1.807, 2.05) is 0 Å². The second kappa shape index (κ2) is 8.06. The van der Waals surface area contributed by atoms with Gasteiger partial charge in [-0.2, -0.15) is 0 Å². The highest BCUT2D eigenvalue weighted by Crippen LogP contribution is 2.06. The third kappa shape index (κ3) is 4.97. The molecular formula is C13H25N3O4. The van der Waals surface area contributed by atoms with E-state index >= 15 is 0 Å². The SMILES string of the molecule is CC(C)C(NC(=O)N1CCCN(CCO)CC1)C(=O)O. The molecule has 7 nitrogen and oxygen atoms in total. The number of urea groups is 1. The molecule has 1 unspecified atom stereocenters. The number of nitrogens with one attached hydrogen (secondary N) is 1. The molecule has 0 radical (unpaired) electrons. The number of amides is 2. The van der Waals surface area contributed by atoms with E-state index in [2.05, 4.69) is 10.2 Å². The van der Waals surface area contributed by atoms with Crippen LogP contribution in [0.4, 0.5) is 4.79 Å². The van der Waals surface area contributed by atoms with E-state index in [9.17, 15) is 9.59 Å². The van der Waals surface area contributed by atoms with Gasteiger partial charge < -0.3 is 20.4 Å². The summed E-state index contributed by atoms with van der Waals surface area (Å²) in [5.41, 5.74) is 0. The van der Waals surface area contributed by atoms with Gasteiger partial charge >= 0.3 is 12.0 Å². The van der Waals surface area contributed by atoms with Crippen LogP contribution in [0.3, 0.4) is 0 Å². The van der Waals surface area contributed by atoms with Crippen molar-refractivity contribution in [1.29, 1.82) is 0 Å². The molecule has 1 atom stereocenters. The van der Waals surface area contributed by atoms with Crippen molar-refractivity contribution in [2.45, 2.75) is 26.3 Å². The van der Waals surface area contributed by atoms with Crippen molar-refractivity contribution in [2.75, 3.05) is 39.3 Å². The number of carboxylic acid groups (broad SMARTS) is 1. The summed E-state index contributed by atoms with van der Waals surface area (Å²) in [5.74, 6) is -1.17. The van der Waals surface area contributed by atoms with E-state index in [-0.39, 0.29) is 18.6 Å². The lowest BCUT2D eigenvalue weighted by molar-refractivity contribution is -0.140. The zero-order valence-corrected chi connectivity index (χ0v) is 12.2. The standard InChI is InChI=1S/C13H25N3O4/c1-10(2)11(12(18)19)14-13(20)16-5-3-4-15(6-7-16)8-9-17/h10-11,17H,3-9H2,1-2H3,(H,14,20)(H,18,19). The highest BCUT2D eigenvalue weighted by atomic mass is 16.4. The highest BCUT2D eigenvalue weighted by Gasteiger charge is 2.26. The first-order valence-electron chi connectivity index (χ1n) is 7.07. The van der Waals surface area contributed by atoms with Crippen molar-refractivity contribution in [3.8, 4) is 0 Å². The molecule has 0 saturated carbocycles. The molecule has 0 aromatic carbocycles. The number of hydrogen-bond donors (Lipinski definition) is 3. The fourth-order valence-corrected chi connectivity index (χ4v) is 2.28. The van der Waals surface area contributed by atoms with E-state index in [4.69, 9.17) is 10.2 Å². The summed E-state index contributed by atoms with van der Waals surface area (Å²) < 4.78 is 0. The van der Waals surface area contributed by atoms with Gasteiger partial charge in [-0.1, -0.05) is 13.8 Å². The van der Waals surface area contributed by atoms with Crippen LogP contribution < -0.4 is 5.32 Å². The fraction of sp³-hybridized carbons (Fsp3) is 0.846. The number of carbonyl (C=O) groups excluding carboxylic acids is 1. The average Bonchev–Trinajstić information content (AvgIpc) is 2.61. The van der Waals surface area contributed by atoms with Gasteiger partial charge in [-0.25, -0.2) is 9.59 Å². The number of carbonyl (C=O) groups is 2. The summed E-state index contributed by atoms with van der Waals surface area (Å²) in [6.07, 6.45) is 0.826. The second-order valence-corrected chi connectivity index (χ2v) is 5.42. The Hall–Kier alpha value is -1.34. The third-order valence-corrected chi connectivity index (χ3v) is 3.50. The third-order valence-electron chi connectivity index (χ3n) is 3.50. The van der Waals surface area contributed by atoms with E-state index in [0.29, 0.717) is 26.2 Å². The maximum Gasteiger partial charge on any atom is 0.326 e. The van der Waals surface area contributed by atoms with Gasteiger partial charge in [-0.15, -0.1) is 0 Å². The molecule has 1 rings (SSSR count). The van der Waals surface area contributed by atoms with E-state index in [1.54, 1.807) is 18.7 Å². The minimum absolute atomic E-state index is 0.112. The van der Waals surface area contributed by atoms with Crippen molar-refractivity contribution in [3.05, 3.63) is 0 Å². The minimum Gasteiger partial charge on any atom is -0.480 e. The molecule has 2 amide bonds. The van der Waals surface area contributed by atoms with Crippen LogP contribution in [-0.4, -0.2) is 77.4 Å². The first-order valence-corrected chi connectivity index (χ1v) is 7.07. The molecule has 3 N–H and O–H groups in total. The smallest absolute Gasteiger partial charge is 0.326 e. The van der Waals surface area contributed by atoms with E-state index in [1.165, 1.54) is 0 Å². The molecule has 7 heteroatoms. The molecule has 116 valence electrons. The maximum atomic E-state index is 12.1. The van der Waals surface area contributed by atoms with Crippen LogP contribution in [0, 0.1) is 5.92 Å². The topological polar surface area (TPSA) is 93.1 Å². The van der Waals surface area contributed by atoms with Crippen LogP contribution in [0.2, 0.25) is 0 Å². The van der Waals surface area contributed by atoms with E-state index in [0.717, 1.165) is 13.0 Å². The predicted octanol–water partition coefficient (Wildman–Crippen LogP) is -0.195. The Morgan fingerprint density at radius 3 is 2.45 bits per heavy atom. The molecule has 1 heterocycles. The van der Waals surface area contributed by atoms with Crippen LogP contribution in [0.5, 0.6) is 0 Å². The van der Waals surface area contributed by atoms with Gasteiger partial charge in [0.25, 0.3) is 0 Å². The van der Waals surface area contributed by atoms with Crippen LogP contribution in [0.15, 0.2) is 0 Å². The largest absolute Gasteiger partial charge is 0.480 e. The Morgan fingerprint density at radius 2 is 1.90 bits per heavy atom. The van der Waals surface area contributed by atoms with Crippen LogP contribution in [0.1, 0.15) is 20.3 Å². The molecule has 1 aliphatic rings. The van der Waals surface area contributed by atoms with Crippen molar-refractivity contribution < 1.29 is 19.8 Å². The molecule has 0 spiro atoms. The number of nitrogens with zero attached hydrogens (tertiary/aromatic N) is 2. The number of aliphatic hydroxyl groups is 1. The Balaban J connectivity index is 2.52. The Labute approximate surface area is 119 Å². The van der Waals surface area contributed by atoms with Crippen molar-refractivity contribution in [3.63, 3.8) is 0 Å². The van der Waals surface area contributed by atoms with Crippen LogP contribution in [-0.2, 0) is 4.79 Å². The van der Waals surface area contributed by atoms with Gasteiger partial charge in [0.15, 0.2) is 0 Å². The van der Waals surface area contributed by atoms with E-state index < -0.39 is 12.0 Å². The first-order chi connectivity index (χ1) is 9.45.